The fourth-order valence-electron chi connectivity index (χ4n) is 2.12. The maximum atomic E-state index is 5.69. The standard InChI is InChI=1S/C16H21N3O2/c1-20-14-6-5-12(10-15(14)21-2)7-9-19-16-13(11-17)4-3-8-18-16/h3-6,8,10H,7,9,11,17H2,1-2H3,(H,18,19). The zero-order chi connectivity index (χ0) is 15.1. The minimum Gasteiger partial charge on any atom is -0.493 e. The maximum Gasteiger partial charge on any atom is 0.160 e. The van der Waals surface area contributed by atoms with Crippen molar-refractivity contribution in [3.63, 3.8) is 0 Å². The molecule has 0 saturated carbocycles. The van der Waals surface area contributed by atoms with Crippen molar-refractivity contribution in [2.45, 2.75) is 13.0 Å². The number of nitrogens with one attached hydrogen (secondary N) is 1. The Morgan fingerprint density at radius 3 is 2.67 bits per heavy atom. The second kappa shape index (κ2) is 7.50. The lowest BCUT2D eigenvalue weighted by Gasteiger charge is -2.11. The molecule has 0 aliphatic heterocycles. The number of rotatable bonds is 7. The molecule has 0 amide bonds. The first-order valence-electron chi connectivity index (χ1n) is 6.87. The minimum absolute atomic E-state index is 0.479. The van der Waals surface area contributed by atoms with Crippen molar-refractivity contribution in [3.8, 4) is 11.5 Å². The Morgan fingerprint density at radius 1 is 1.14 bits per heavy atom. The molecule has 0 unspecified atom stereocenters. The summed E-state index contributed by atoms with van der Waals surface area (Å²) >= 11 is 0. The Bertz CT molecular complexity index is 587. The van der Waals surface area contributed by atoms with Crippen LogP contribution in [0.1, 0.15) is 11.1 Å². The summed E-state index contributed by atoms with van der Waals surface area (Å²) in [5.74, 6) is 2.33. The highest BCUT2D eigenvalue weighted by atomic mass is 16.5. The summed E-state index contributed by atoms with van der Waals surface area (Å²) in [6, 6.07) is 9.81. The van der Waals surface area contributed by atoms with Gasteiger partial charge in [-0.1, -0.05) is 12.1 Å². The highest BCUT2D eigenvalue weighted by Crippen LogP contribution is 2.27. The molecule has 1 aromatic heterocycles. The number of aromatic nitrogens is 1. The molecule has 0 radical (unpaired) electrons. The molecule has 2 rings (SSSR count). The number of nitrogens with two attached hydrogens (primary N) is 1. The van der Waals surface area contributed by atoms with Gasteiger partial charge in [-0.2, -0.15) is 0 Å². The molecule has 0 atom stereocenters. The van der Waals surface area contributed by atoms with E-state index < -0.39 is 0 Å². The lowest BCUT2D eigenvalue weighted by Crippen LogP contribution is -2.10. The number of hydrogen-bond donors (Lipinski definition) is 2. The average Bonchev–Trinajstić information content (AvgIpc) is 2.55. The maximum absolute atomic E-state index is 5.69. The van der Waals surface area contributed by atoms with Crippen molar-refractivity contribution >= 4 is 5.82 Å². The molecule has 3 N–H and O–H groups in total. The van der Waals surface area contributed by atoms with E-state index in [1.165, 1.54) is 5.56 Å². The topological polar surface area (TPSA) is 69.4 Å². The zero-order valence-electron chi connectivity index (χ0n) is 12.4. The van der Waals surface area contributed by atoms with Crippen molar-refractivity contribution in [3.05, 3.63) is 47.7 Å². The van der Waals surface area contributed by atoms with Gasteiger partial charge in [0.1, 0.15) is 5.82 Å². The summed E-state index contributed by atoms with van der Waals surface area (Å²) in [4.78, 5) is 4.31. The van der Waals surface area contributed by atoms with Gasteiger partial charge < -0.3 is 20.5 Å². The van der Waals surface area contributed by atoms with E-state index in [0.29, 0.717) is 6.54 Å². The van der Waals surface area contributed by atoms with E-state index in [9.17, 15) is 0 Å². The molecule has 21 heavy (non-hydrogen) atoms. The van der Waals surface area contributed by atoms with E-state index in [1.54, 1.807) is 20.4 Å². The van der Waals surface area contributed by atoms with Crippen molar-refractivity contribution in [1.29, 1.82) is 0 Å². The molecular weight excluding hydrogens is 266 g/mol. The Kier molecular flexibility index (Phi) is 5.40. The largest absolute Gasteiger partial charge is 0.493 e. The fraction of sp³-hybridized carbons (Fsp3) is 0.312. The summed E-state index contributed by atoms with van der Waals surface area (Å²) in [7, 11) is 3.27. The summed E-state index contributed by atoms with van der Waals surface area (Å²) < 4.78 is 10.5. The number of hydrogen-bond acceptors (Lipinski definition) is 5. The van der Waals surface area contributed by atoms with E-state index in [4.69, 9.17) is 15.2 Å². The molecule has 0 spiro atoms. The average molecular weight is 287 g/mol. The molecule has 0 bridgehead atoms. The van der Waals surface area contributed by atoms with Crippen molar-refractivity contribution in [2.75, 3.05) is 26.1 Å². The lowest BCUT2D eigenvalue weighted by molar-refractivity contribution is 0.354. The van der Waals surface area contributed by atoms with E-state index in [0.717, 1.165) is 35.8 Å². The Morgan fingerprint density at radius 2 is 1.95 bits per heavy atom. The van der Waals surface area contributed by atoms with Gasteiger partial charge in [0, 0.05) is 24.8 Å². The van der Waals surface area contributed by atoms with Gasteiger partial charge in [0.05, 0.1) is 14.2 Å². The first-order valence-corrected chi connectivity index (χ1v) is 6.87. The Balaban J connectivity index is 1.97. The monoisotopic (exact) mass is 287 g/mol. The van der Waals surface area contributed by atoms with Crippen LogP contribution in [0.2, 0.25) is 0 Å². The van der Waals surface area contributed by atoms with E-state index in [2.05, 4.69) is 10.3 Å². The number of nitrogens with zero attached hydrogens (tertiary/aromatic N) is 1. The smallest absolute Gasteiger partial charge is 0.160 e. The quantitative estimate of drug-likeness (QED) is 0.817. The van der Waals surface area contributed by atoms with Crippen LogP contribution in [-0.2, 0) is 13.0 Å². The van der Waals surface area contributed by atoms with Crippen LogP contribution in [-0.4, -0.2) is 25.7 Å². The molecule has 5 nitrogen and oxygen atoms in total. The van der Waals surface area contributed by atoms with E-state index in [1.807, 2.05) is 30.3 Å². The van der Waals surface area contributed by atoms with Crippen LogP contribution in [0.4, 0.5) is 5.82 Å². The second-order valence-electron chi connectivity index (χ2n) is 4.58. The third-order valence-electron chi connectivity index (χ3n) is 3.27. The molecule has 2 aromatic rings. The van der Waals surface area contributed by atoms with Gasteiger partial charge in [-0.15, -0.1) is 0 Å². The third-order valence-corrected chi connectivity index (χ3v) is 3.27. The molecule has 0 aliphatic rings. The molecule has 1 heterocycles. The molecule has 5 heteroatoms. The van der Waals surface area contributed by atoms with Gasteiger partial charge in [0.15, 0.2) is 11.5 Å². The number of anilines is 1. The summed E-state index contributed by atoms with van der Waals surface area (Å²) in [5, 5.41) is 3.32. The number of benzene rings is 1. The van der Waals surface area contributed by atoms with Crippen molar-refractivity contribution in [2.24, 2.45) is 5.73 Å². The van der Waals surface area contributed by atoms with E-state index >= 15 is 0 Å². The first-order chi connectivity index (χ1) is 10.3. The summed E-state index contributed by atoms with van der Waals surface area (Å²) in [6.45, 7) is 1.26. The van der Waals surface area contributed by atoms with Gasteiger partial charge in [0.2, 0.25) is 0 Å². The Hall–Kier alpha value is -2.27. The third kappa shape index (κ3) is 3.86. The molecule has 0 aliphatic carbocycles. The molecule has 0 saturated heterocycles. The van der Waals surface area contributed by atoms with Crippen molar-refractivity contribution < 1.29 is 9.47 Å². The summed E-state index contributed by atoms with van der Waals surface area (Å²) in [5.41, 5.74) is 7.88. The van der Waals surface area contributed by atoms with Crippen molar-refractivity contribution in [1.82, 2.24) is 4.98 Å². The fourth-order valence-corrected chi connectivity index (χ4v) is 2.12. The Labute approximate surface area is 125 Å². The SMILES string of the molecule is COc1ccc(CCNc2ncccc2CN)cc1OC. The predicted molar refractivity (Wildman–Crippen MR) is 83.9 cm³/mol. The van der Waals surface area contributed by atoms with Crippen LogP contribution < -0.4 is 20.5 Å². The highest BCUT2D eigenvalue weighted by molar-refractivity contribution is 5.45. The highest BCUT2D eigenvalue weighted by Gasteiger charge is 2.05. The normalized spacial score (nSPS) is 10.2. The van der Waals surface area contributed by atoms with Crippen LogP contribution in [0.15, 0.2) is 36.5 Å². The molecule has 0 fully saturated rings. The van der Waals surface area contributed by atoms with Gasteiger partial charge in [-0.3, -0.25) is 0 Å². The summed E-state index contributed by atoms with van der Waals surface area (Å²) in [6.07, 6.45) is 2.62. The number of ether oxygens (including phenoxy) is 2. The van der Waals surface area contributed by atoms with Crippen LogP contribution >= 0.6 is 0 Å². The second-order valence-corrected chi connectivity index (χ2v) is 4.58. The first kappa shape index (κ1) is 15.1. The predicted octanol–water partition coefficient (Wildman–Crippen LogP) is 2.21. The van der Waals surface area contributed by atoms with Crippen LogP contribution in [0.5, 0.6) is 11.5 Å². The molecular formula is C16H21N3O2. The van der Waals surface area contributed by atoms with Gasteiger partial charge in [-0.25, -0.2) is 4.98 Å². The molecule has 1 aromatic carbocycles. The van der Waals surface area contributed by atoms with Crippen LogP contribution in [0, 0.1) is 0 Å². The van der Waals surface area contributed by atoms with Gasteiger partial charge >= 0.3 is 0 Å². The molecule has 112 valence electrons. The number of pyridine rings is 1. The van der Waals surface area contributed by atoms with Crippen LogP contribution in [0.3, 0.4) is 0 Å². The van der Waals surface area contributed by atoms with Gasteiger partial charge in [0.25, 0.3) is 0 Å². The van der Waals surface area contributed by atoms with Gasteiger partial charge in [-0.05, 0) is 30.2 Å². The number of methoxy groups -OCH3 is 2. The zero-order valence-corrected chi connectivity index (χ0v) is 12.4. The minimum atomic E-state index is 0.479. The lowest BCUT2D eigenvalue weighted by atomic mass is 10.1. The van der Waals surface area contributed by atoms with Crippen LogP contribution in [0.25, 0.3) is 0 Å². The van der Waals surface area contributed by atoms with E-state index in [-0.39, 0.29) is 0 Å².